The molecule has 5 aromatic rings. The van der Waals surface area contributed by atoms with E-state index in [4.69, 9.17) is 21.3 Å². The predicted molar refractivity (Wildman–Crippen MR) is 150 cm³/mol. The zero-order valence-corrected chi connectivity index (χ0v) is 22.2. The fraction of sp³-hybridized carbons (Fsp3) is 0.103. The Morgan fingerprint density at radius 2 is 1.87 bits per heavy atom. The number of hydrogen-bond acceptors (Lipinski definition) is 7. The van der Waals surface area contributed by atoms with E-state index >= 15 is 0 Å². The summed E-state index contributed by atoms with van der Waals surface area (Å²) >= 11 is 8.96. The summed E-state index contributed by atoms with van der Waals surface area (Å²) in [5.41, 5.74) is 1.01. The van der Waals surface area contributed by atoms with Crippen molar-refractivity contribution in [2.45, 2.75) is 22.1 Å². The van der Waals surface area contributed by atoms with E-state index in [-0.39, 0.29) is 18.1 Å². The molecule has 6 nitrogen and oxygen atoms in total. The zero-order valence-electron chi connectivity index (χ0n) is 19.8. The van der Waals surface area contributed by atoms with E-state index in [1.54, 1.807) is 24.4 Å². The van der Waals surface area contributed by atoms with Crippen LogP contribution in [-0.4, -0.2) is 26.9 Å². The lowest BCUT2D eigenvalue weighted by atomic mass is 9.79. The van der Waals surface area contributed by atoms with Gasteiger partial charge in [-0.3, -0.25) is 14.6 Å². The summed E-state index contributed by atoms with van der Waals surface area (Å²) in [5, 5.41) is 7.44. The summed E-state index contributed by atoms with van der Waals surface area (Å²) in [6.07, 6.45) is 1.78. The molecule has 1 N–H and O–H groups in total. The van der Waals surface area contributed by atoms with E-state index in [0.29, 0.717) is 27.2 Å². The number of nitrogens with zero attached hydrogens (tertiary/aromatic N) is 2. The van der Waals surface area contributed by atoms with Crippen molar-refractivity contribution in [2.24, 2.45) is 0 Å². The van der Waals surface area contributed by atoms with Crippen LogP contribution in [0.1, 0.15) is 17.7 Å². The second kappa shape index (κ2) is 10.2. The first-order valence-corrected chi connectivity index (χ1v) is 14.0. The molecular weight excluding hydrogens is 538 g/mol. The lowest BCUT2D eigenvalue weighted by Gasteiger charge is -2.39. The number of carbonyl (C=O) groups is 2. The summed E-state index contributed by atoms with van der Waals surface area (Å²) < 4.78 is 6.19. The second-order valence-corrected chi connectivity index (χ2v) is 11.1. The number of ether oxygens (including phenoxy) is 1. The largest absolute Gasteiger partial charge is 0.438 e. The van der Waals surface area contributed by atoms with Crippen LogP contribution in [0.4, 0.5) is 0 Å². The topological polar surface area (TPSA) is 81.2 Å². The molecule has 38 heavy (non-hydrogen) atoms. The third-order valence-electron chi connectivity index (χ3n) is 6.38. The number of benzene rings is 2. The van der Waals surface area contributed by atoms with Gasteiger partial charge in [-0.2, -0.15) is 11.3 Å². The van der Waals surface area contributed by atoms with Crippen molar-refractivity contribution in [1.29, 1.82) is 0 Å². The number of amides is 1. The van der Waals surface area contributed by atoms with Gasteiger partial charge in [0.25, 0.3) is 0 Å². The second-order valence-electron chi connectivity index (χ2n) is 8.77. The Balaban J connectivity index is 1.35. The Kier molecular flexibility index (Phi) is 6.61. The number of nitrogens with one attached hydrogen (secondary N) is 1. The first kappa shape index (κ1) is 24.6. The normalized spacial score (nSPS) is 19.3. The number of aromatic nitrogens is 2. The van der Waals surface area contributed by atoms with Crippen LogP contribution < -0.4 is 10.1 Å². The number of halogens is 1. The van der Waals surface area contributed by atoms with Crippen LogP contribution in [0.3, 0.4) is 0 Å². The number of carbonyl (C=O) groups excluding carboxylic acids is 2. The van der Waals surface area contributed by atoms with E-state index in [1.165, 1.54) is 11.3 Å². The summed E-state index contributed by atoms with van der Waals surface area (Å²) in [6.45, 7) is 0. The zero-order chi connectivity index (χ0) is 26.1. The van der Waals surface area contributed by atoms with Gasteiger partial charge in [0.05, 0.1) is 16.2 Å². The molecule has 0 radical (unpaired) electrons. The number of piperidine rings is 1. The fourth-order valence-electron chi connectivity index (χ4n) is 4.58. The third-order valence-corrected chi connectivity index (χ3v) is 8.83. The first-order valence-electron chi connectivity index (χ1n) is 11.8. The molecule has 6 rings (SSSR count). The lowest BCUT2D eigenvalue weighted by molar-refractivity contribution is -0.133. The number of Topliss-reactive ketones (excluding diaryl/α,β-unsaturated/α-hetero) is 1. The van der Waals surface area contributed by atoms with Crippen LogP contribution in [0.15, 0.2) is 101 Å². The number of rotatable bonds is 6. The first-order chi connectivity index (χ1) is 18.5. The Morgan fingerprint density at radius 3 is 2.68 bits per heavy atom. The number of hydrogen-bond donors (Lipinski definition) is 1. The van der Waals surface area contributed by atoms with Crippen LogP contribution in [0.5, 0.6) is 11.6 Å². The number of thiophene rings is 1. The van der Waals surface area contributed by atoms with Gasteiger partial charge < -0.3 is 10.1 Å². The molecule has 188 valence electrons. The summed E-state index contributed by atoms with van der Waals surface area (Å²) in [5.74, 6) is 0.385. The maximum absolute atomic E-state index is 13.5. The van der Waals surface area contributed by atoms with Crippen molar-refractivity contribution in [2.75, 3.05) is 0 Å². The van der Waals surface area contributed by atoms with Crippen LogP contribution in [0.2, 0.25) is 5.02 Å². The van der Waals surface area contributed by atoms with Gasteiger partial charge >= 0.3 is 0 Å². The van der Waals surface area contributed by atoms with Crippen molar-refractivity contribution in [1.82, 2.24) is 15.3 Å². The molecule has 0 bridgehead atoms. The van der Waals surface area contributed by atoms with Crippen molar-refractivity contribution in [3.8, 4) is 11.6 Å². The maximum Gasteiger partial charge on any atom is 0.242 e. The molecule has 1 fully saturated rings. The number of thioether (sulfide) groups is 1. The average Bonchev–Trinajstić information content (AvgIpc) is 3.48. The number of fused-ring (bicyclic) bond motifs is 1. The van der Waals surface area contributed by atoms with Gasteiger partial charge in [0.15, 0.2) is 5.78 Å². The van der Waals surface area contributed by atoms with Gasteiger partial charge in [0, 0.05) is 29.0 Å². The summed E-state index contributed by atoms with van der Waals surface area (Å²) in [6, 6.07) is 23.9. The fourth-order valence-corrected chi connectivity index (χ4v) is 6.55. The van der Waals surface area contributed by atoms with E-state index in [1.807, 2.05) is 71.4 Å². The average molecular weight is 558 g/mol. The van der Waals surface area contributed by atoms with Crippen molar-refractivity contribution < 1.29 is 14.3 Å². The van der Waals surface area contributed by atoms with E-state index < -0.39 is 10.8 Å². The molecule has 2 aromatic carbocycles. The smallest absolute Gasteiger partial charge is 0.242 e. The molecule has 0 saturated carbocycles. The van der Waals surface area contributed by atoms with Crippen molar-refractivity contribution in [3.05, 3.63) is 112 Å². The van der Waals surface area contributed by atoms with Gasteiger partial charge in [-0.1, -0.05) is 35.9 Å². The SMILES string of the molecule is O=C1CC(c2ccsc2)(c2cccc(Oc3cccc4ncccc34)n2)NC(=O)C1Sc1ccccc1Cl. The van der Waals surface area contributed by atoms with E-state index in [2.05, 4.69) is 10.3 Å². The Bertz CT molecular complexity index is 1640. The molecule has 2 unspecified atom stereocenters. The van der Waals surface area contributed by atoms with Gasteiger partial charge in [-0.15, -0.1) is 11.8 Å². The van der Waals surface area contributed by atoms with Gasteiger partial charge in [-0.05, 0) is 64.9 Å². The van der Waals surface area contributed by atoms with Crippen molar-refractivity contribution >= 4 is 57.3 Å². The Labute approximate surface area is 232 Å². The molecule has 1 amide bonds. The highest BCUT2D eigenvalue weighted by Gasteiger charge is 2.48. The molecule has 1 aliphatic heterocycles. The minimum atomic E-state index is -1.12. The molecule has 2 atom stereocenters. The summed E-state index contributed by atoms with van der Waals surface area (Å²) in [4.78, 5) is 36.9. The molecule has 3 aromatic heterocycles. The maximum atomic E-state index is 13.5. The van der Waals surface area contributed by atoms with Gasteiger partial charge in [0.2, 0.25) is 11.8 Å². The third kappa shape index (κ3) is 4.55. The summed E-state index contributed by atoms with van der Waals surface area (Å²) in [7, 11) is 0. The highest BCUT2D eigenvalue weighted by atomic mass is 35.5. The van der Waals surface area contributed by atoms with E-state index in [0.717, 1.165) is 28.2 Å². The van der Waals surface area contributed by atoms with E-state index in [9.17, 15) is 9.59 Å². The van der Waals surface area contributed by atoms with Crippen molar-refractivity contribution in [3.63, 3.8) is 0 Å². The quantitative estimate of drug-likeness (QED) is 0.236. The molecule has 4 heterocycles. The van der Waals surface area contributed by atoms with Gasteiger partial charge in [-0.25, -0.2) is 4.98 Å². The highest BCUT2D eigenvalue weighted by Crippen LogP contribution is 2.41. The number of pyridine rings is 2. The molecule has 9 heteroatoms. The monoisotopic (exact) mass is 557 g/mol. The van der Waals surface area contributed by atoms with Crippen LogP contribution in [0.25, 0.3) is 10.9 Å². The molecule has 0 aliphatic carbocycles. The Morgan fingerprint density at radius 1 is 1.00 bits per heavy atom. The van der Waals surface area contributed by atoms with Crippen LogP contribution in [0, 0.1) is 0 Å². The van der Waals surface area contributed by atoms with Crippen LogP contribution in [-0.2, 0) is 15.1 Å². The minimum Gasteiger partial charge on any atom is -0.438 e. The molecule has 0 spiro atoms. The Hall–Kier alpha value is -3.72. The molecule has 1 aliphatic rings. The number of ketones is 1. The van der Waals surface area contributed by atoms with Crippen LogP contribution >= 0.6 is 34.7 Å². The molecule has 1 saturated heterocycles. The van der Waals surface area contributed by atoms with Gasteiger partial charge in [0.1, 0.15) is 16.5 Å². The standard InChI is InChI=1S/C29H20ClN3O3S2/c30-20-7-1-2-10-24(20)38-27-22(34)16-29(33-28(27)35,18-13-15-37-17-18)25-11-4-12-26(32-25)36-23-9-3-8-21-19(23)6-5-14-31-21/h1-15,17,27H,16H2,(H,33,35). The predicted octanol–water partition coefficient (Wildman–Crippen LogP) is 6.63. The highest BCUT2D eigenvalue weighted by molar-refractivity contribution is 8.01. The molecular formula is C29H20ClN3O3S2. The lowest BCUT2D eigenvalue weighted by Crippen LogP contribution is -2.58. The minimum absolute atomic E-state index is 0.0479.